The maximum absolute atomic E-state index is 12.0. The second-order valence-electron chi connectivity index (χ2n) is 5.58. The molecule has 0 aliphatic carbocycles. The molecule has 0 unspecified atom stereocenters. The summed E-state index contributed by atoms with van der Waals surface area (Å²) in [7, 11) is 1.33. The highest BCUT2D eigenvalue weighted by atomic mass is 35.5. The van der Waals surface area contributed by atoms with E-state index in [2.05, 4.69) is 5.32 Å². The van der Waals surface area contributed by atoms with E-state index in [4.69, 9.17) is 16.3 Å². The van der Waals surface area contributed by atoms with Crippen molar-refractivity contribution in [1.29, 1.82) is 0 Å². The van der Waals surface area contributed by atoms with Gasteiger partial charge in [0.1, 0.15) is 6.04 Å². The zero-order chi connectivity index (χ0) is 19.1. The van der Waals surface area contributed by atoms with Gasteiger partial charge < -0.3 is 4.74 Å². The predicted octanol–water partition coefficient (Wildman–Crippen LogP) is 3.98. The maximum Gasteiger partial charge on any atom is 0.323 e. The molecule has 0 bridgehead atoms. The van der Waals surface area contributed by atoms with Crippen molar-refractivity contribution in [2.24, 2.45) is 0 Å². The molecule has 0 aliphatic rings. The van der Waals surface area contributed by atoms with E-state index >= 15 is 0 Å². The molecule has 0 saturated heterocycles. The monoisotopic (exact) mass is 394 g/mol. The number of carbonyl (C=O) groups excluding carboxylic acids is 1. The van der Waals surface area contributed by atoms with Gasteiger partial charge in [-0.3, -0.25) is 20.2 Å². The van der Waals surface area contributed by atoms with Crippen molar-refractivity contribution >= 4 is 35.0 Å². The molecule has 0 amide bonds. The first-order chi connectivity index (χ1) is 12.4. The zero-order valence-electron chi connectivity index (χ0n) is 14.4. The number of nitrogens with zero attached hydrogens (tertiary/aromatic N) is 1. The predicted molar refractivity (Wildman–Crippen MR) is 103 cm³/mol. The number of nitro groups is 1. The average Bonchev–Trinajstić information content (AvgIpc) is 2.63. The number of aryl methyl sites for hydroxylation is 1. The van der Waals surface area contributed by atoms with Crippen molar-refractivity contribution < 1.29 is 14.5 Å². The first kappa shape index (κ1) is 20.2. The van der Waals surface area contributed by atoms with E-state index in [1.807, 2.05) is 25.1 Å². The minimum atomic E-state index is -0.559. The molecule has 0 saturated carbocycles. The summed E-state index contributed by atoms with van der Waals surface area (Å²) in [5.74, 6) is 0.0805. The fourth-order valence-corrected chi connectivity index (χ4v) is 3.70. The molecule has 1 atom stereocenters. The molecule has 0 fully saturated rings. The number of hydrogen-bond donors (Lipinski definition) is 1. The molecule has 6 nitrogen and oxygen atoms in total. The molecule has 138 valence electrons. The first-order valence-corrected chi connectivity index (χ1v) is 9.21. The third kappa shape index (κ3) is 5.45. The summed E-state index contributed by atoms with van der Waals surface area (Å²) in [6, 6.07) is 11.3. The van der Waals surface area contributed by atoms with Gasteiger partial charge in [-0.2, -0.15) is 0 Å². The minimum Gasteiger partial charge on any atom is -0.468 e. The average molecular weight is 395 g/mol. The van der Waals surface area contributed by atoms with Crippen molar-refractivity contribution in [3.63, 3.8) is 0 Å². The Kier molecular flexibility index (Phi) is 7.44. The molecule has 8 heteroatoms. The SMILES string of the molecule is COC(=O)[C@H](Cc1ccc([N+](=O)[O-])cc1)NCSc1c(C)cccc1Cl. The normalized spacial score (nSPS) is 11.8. The van der Waals surface area contributed by atoms with E-state index in [0.717, 1.165) is 16.0 Å². The lowest BCUT2D eigenvalue weighted by atomic mass is 10.1. The van der Waals surface area contributed by atoms with Gasteiger partial charge in [-0.15, -0.1) is 11.8 Å². The number of ether oxygens (including phenoxy) is 1. The maximum atomic E-state index is 12.0. The lowest BCUT2D eigenvalue weighted by Crippen LogP contribution is -2.39. The van der Waals surface area contributed by atoms with Crippen LogP contribution in [0.25, 0.3) is 0 Å². The Balaban J connectivity index is 2.01. The number of hydrogen-bond acceptors (Lipinski definition) is 6. The lowest BCUT2D eigenvalue weighted by molar-refractivity contribution is -0.384. The van der Waals surface area contributed by atoms with E-state index in [1.165, 1.54) is 31.0 Å². The van der Waals surface area contributed by atoms with Gasteiger partial charge in [0.15, 0.2) is 0 Å². The Morgan fingerprint density at radius 3 is 2.58 bits per heavy atom. The van der Waals surface area contributed by atoms with Crippen molar-refractivity contribution in [3.05, 3.63) is 68.7 Å². The molecule has 0 radical (unpaired) electrons. The molecule has 0 spiro atoms. The number of nitrogens with one attached hydrogen (secondary N) is 1. The molecule has 2 aromatic carbocycles. The number of rotatable bonds is 8. The van der Waals surface area contributed by atoms with Crippen LogP contribution in [0.15, 0.2) is 47.4 Å². The number of methoxy groups -OCH3 is 1. The Morgan fingerprint density at radius 1 is 1.31 bits per heavy atom. The van der Waals surface area contributed by atoms with Gasteiger partial charge in [-0.25, -0.2) is 0 Å². The van der Waals surface area contributed by atoms with Crippen LogP contribution in [0.1, 0.15) is 11.1 Å². The summed E-state index contributed by atoms with van der Waals surface area (Å²) < 4.78 is 4.85. The molecule has 0 aliphatic heterocycles. The van der Waals surface area contributed by atoms with Crippen LogP contribution in [-0.4, -0.2) is 29.9 Å². The van der Waals surface area contributed by atoms with Gasteiger partial charge in [-0.05, 0) is 30.5 Å². The van der Waals surface area contributed by atoms with Crippen molar-refractivity contribution in [2.45, 2.75) is 24.3 Å². The summed E-state index contributed by atoms with van der Waals surface area (Å²) in [6.45, 7) is 1.98. The van der Waals surface area contributed by atoms with Gasteiger partial charge in [0, 0.05) is 22.9 Å². The standard InChI is InChI=1S/C18H19ClN2O4S/c1-12-4-3-5-15(19)17(12)26-11-20-16(18(22)25-2)10-13-6-8-14(9-7-13)21(23)24/h3-9,16,20H,10-11H2,1-2H3/t16-/m0/s1. The zero-order valence-corrected chi connectivity index (χ0v) is 16.0. The van der Waals surface area contributed by atoms with Gasteiger partial charge in [-0.1, -0.05) is 35.9 Å². The van der Waals surface area contributed by atoms with Crippen LogP contribution in [0.2, 0.25) is 5.02 Å². The first-order valence-electron chi connectivity index (χ1n) is 7.85. The largest absolute Gasteiger partial charge is 0.468 e. The summed E-state index contributed by atoms with van der Waals surface area (Å²) in [5, 5.41) is 14.5. The number of benzene rings is 2. The lowest BCUT2D eigenvalue weighted by Gasteiger charge is -2.17. The molecule has 26 heavy (non-hydrogen) atoms. The topological polar surface area (TPSA) is 81.5 Å². The number of halogens is 1. The highest BCUT2D eigenvalue weighted by Crippen LogP contribution is 2.29. The van der Waals surface area contributed by atoms with Crippen LogP contribution in [0.4, 0.5) is 5.69 Å². The molecule has 1 N–H and O–H groups in total. The van der Waals surface area contributed by atoms with Crippen LogP contribution in [-0.2, 0) is 16.0 Å². The van der Waals surface area contributed by atoms with Crippen LogP contribution in [0, 0.1) is 17.0 Å². The van der Waals surface area contributed by atoms with Crippen molar-refractivity contribution in [3.8, 4) is 0 Å². The third-order valence-electron chi connectivity index (χ3n) is 3.78. The number of nitro benzene ring substituents is 1. The van der Waals surface area contributed by atoms with Crippen molar-refractivity contribution in [2.75, 3.05) is 13.0 Å². The Morgan fingerprint density at radius 2 is 2.00 bits per heavy atom. The van der Waals surface area contributed by atoms with Crippen LogP contribution >= 0.6 is 23.4 Å². The quantitative estimate of drug-likeness (QED) is 0.240. The number of thioether (sulfide) groups is 1. The third-order valence-corrected chi connectivity index (χ3v) is 5.35. The van der Waals surface area contributed by atoms with E-state index in [-0.39, 0.29) is 11.7 Å². The Labute approximate surface area is 161 Å². The van der Waals surface area contributed by atoms with E-state index in [0.29, 0.717) is 17.3 Å². The molecular formula is C18H19ClN2O4S. The summed E-state index contributed by atoms with van der Waals surface area (Å²) >= 11 is 7.72. The highest BCUT2D eigenvalue weighted by molar-refractivity contribution is 7.99. The van der Waals surface area contributed by atoms with Crippen molar-refractivity contribution in [1.82, 2.24) is 5.32 Å². The fourth-order valence-electron chi connectivity index (χ4n) is 2.38. The number of esters is 1. The Bertz CT molecular complexity index is 763. The molecular weight excluding hydrogens is 376 g/mol. The van der Waals surface area contributed by atoms with Gasteiger partial charge in [0.2, 0.25) is 0 Å². The highest BCUT2D eigenvalue weighted by Gasteiger charge is 2.20. The number of carbonyl (C=O) groups is 1. The molecule has 0 aromatic heterocycles. The Hall–Kier alpha value is -2.09. The molecule has 0 heterocycles. The second-order valence-corrected chi connectivity index (χ2v) is 6.97. The fraction of sp³-hybridized carbons (Fsp3) is 0.278. The van der Waals surface area contributed by atoms with Gasteiger partial charge in [0.05, 0.1) is 17.1 Å². The summed E-state index contributed by atoms with van der Waals surface area (Å²) in [4.78, 5) is 23.3. The van der Waals surface area contributed by atoms with E-state index < -0.39 is 11.0 Å². The smallest absolute Gasteiger partial charge is 0.323 e. The van der Waals surface area contributed by atoms with E-state index in [1.54, 1.807) is 12.1 Å². The molecule has 2 rings (SSSR count). The summed E-state index contributed by atoms with van der Waals surface area (Å²) in [5.41, 5.74) is 1.88. The van der Waals surface area contributed by atoms with Crippen LogP contribution < -0.4 is 5.32 Å². The molecule has 2 aromatic rings. The van der Waals surface area contributed by atoms with Crippen LogP contribution in [0.5, 0.6) is 0 Å². The number of non-ortho nitro benzene ring substituents is 1. The second kappa shape index (κ2) is 9.56. The summed E-state index contributed by atoms with van der Waals surface area (Å²) in [6.07, 6.45) is 0.368. The minimum absolute atomic E-state index is 0.0149. The van der Waals surface area contributed by atoms with Gasteiger partial charge >= 0.3 is 5.97 Å². The van der Waals surface area contributed by atoms with E-state index in [9.17, 15) is 14.9 Å². The van der Waals surface area contributed by atoms with Crippen LogP contribution in [0.3, 0.4) is 0 Å². The van der Waals surface area contributed by atoms with Gasteiger partial charge in [0.25, 0.3) is 5.69 Å².